The van der Waals surface area contributed by atoms with Crippen molar-refractivity contribution in [2.24, 2.45) is 0 Å². The number of aliphatic hydroxyl groups is 1. The van der Waals surface area contributed by atoms with Gasteiger partial charge < -0.3 is 9.63 Å². The molecule has 1 fully saturated rings. The maximum atomic E-state index is 9.95. The molecule has 102 valence electrons. The number of nitrogens with zero attached hydrogens (tertiary/aromatic N) is 2. The summed E-state index contributed by atoms with van der Waals surface area (Å²) in [7, 11) is 0. The van der Waals surface area contributed by atoms with Gasteiger partial charge in [0.25, 0.3) is 0 Å². The van der Waals surface area contributed by atoms with E-state index in [0.717, 1.165) is 43.7 Å². The van der Waals surface area contributed by atoms with Crippen molar-refractivity contribution in [3.05, 3.63) is 11.7 Å². The van der Waals surface area contributed by atoms with Crippen LogP contribution in [0, 0.1) is 0 Å². The Kier molecular flexibility index (Phi) is 5.06. The molecule has 0 spiro atoms. The van der Waals surface area contributed by atoms with E-state index in [1.54, 1.807) is 0 Å². The number of aromatic nitrogens is 2. The van der Waals surface area contributed by atoms with Gasteiger partial charge in [0.05, 0.1) is 17.8 Å². The molecule has 1 N–H and O–H groups in total. The molecule has 1 heterocycles. The molecular formula is C13H22N2O2S. The molecule has 0 aromatic carbocycles. The second-order valence-electron chi connectivity index (χ2n) is 5.04. The maximum absolute atomic E-state index is 9.95. The van der Waals surface area contributed by atoms with E-state index in [1.165, 1.54) is 0 Å². The van der Waals surface area contributed by atoms with E-state index < -0.39 is 0 Å². The zero-order valence-electron chi connectivity index (χ0n) is 11.1. The summed E-state index contributed by atoms with van der Waals surface area (Å²) in [4.78, 5) is 4.43. The summed E-state index contributed by atoms with van der Waals surface area (Å²) >= 11 is 1.84. The minimum absolute atomic E-state index is 0.0496. The van der Waals surface area contributed by atoms with E-state index in [-0.39, 0.29) is 12.0 Å². The first-order valence-electron chi connectivity index (χ1n) is 6.82. The second-order valence-corrected chi connectivity index (χ2v) is 6.46. The van der Waals surface area contributed by atoms with Gasteiger partial charge in [-0.15, -0.1) is 0 Å². The molecule has 0 bridgehead atoms. The van der Waals surface area contributed by atoms with Gasteiger partial charge in [0.2, 0.25) is 5.89 Å². The molecule has 1 aliphatic carbocycles. The monoisotopic (exact) mass is 270 g/mol. The van der Waals surface area contributed by atoms with E-state index >= 15 is 0 Å². The average Bonchev–Trinajstić information content (AvgIpc) is 2.85. The van der Waals surface area contributed by atoms with Crippen molar-refractivity contribution in [1.82, 2.24) is 10.1 Å². The van der Waals surface area contributed by atoms with E-state index in [4.69, 9.17) is 4.52 Å². The van der Waals surface area contributed by atoms with Crippen molar-refractivity contribution in [2.75, 3.05) is 0 Å². The maximum Gasteiger partial charge on any atom is 0.232 e. The van der Waals surface area contributed by atoms with Crippen molar-refractivity contribution in [1.29, 1.82) is 0 Å². The molecule has 0 saturated heterocycles. The molecule has 5 heteroatoms. The third-order valence-electron chi connectivity index (χ3n) is 3.60. The topological polar surface area (TPSA) is 59.2 Å². The predicted molar refractivity (Wildman–Crippen MR) is 72.6 cm³/mol. The van der Waals surface area contributed by atoms with E-state index in [0.29, 0.717) is 11.1 Å². The van der Waals surface area contributed by atoms with Crippen LogP contribution in [0.15, 0.2) is 4.52 Å². The molecule has 1 saturated carbocycles. The highest BCUT2D eigenvalue weighted by molar-refractivity contribution is 7.99. The summed E-state index contributed by atoms with van der Waals surface area (Å²) < 4.78 is 5.31. The molecule has 18 heavy (non-hydrogen) atoms. The smallest absolute Gasteiger partial charge is 0.232 e. The Balaban J connectivity index is 1.92. The first-order chi connectivity index (χ1) is 8.70. The largest absolute Gasteiger partial charge is 0.392 e. The van der Waals surface area contributed by atoms with E-state index in [9.17, 15) is 5.11 Å². The number of hydrogen-bond acceptors (Lipinski definition) is 5. The highest BCUT2D eigenvalue weighted by atomic mass is 32.2. The number of rotatable bonds is 5. The Labute approximate surface area is 113 Å². The molecule has 1 aromatic rings. The van der Waals surface area contributed by atoms with Crippen molar-refractivity contribution >= 4 is 11.8 Å². The molecule has 4 nitrogen and oxygen atoms in total. The molecule has 2 rings (SSSR count). The molecule has 3 atom stereocenters. The highest BCUT2D eigenvalue weighted by Gasteiger charge is 2.29. The standard InChI is InChI=1S/C13H22N2O2S/c1-3-9(2)18-8-12-14-13(17-15-12)10-6-4-5-7-11(10)16/h9-11,16H,3-8H2,1-2H3. The van der Waals surface area contributed by atoms with Gasteiger partial charge in [-0.05, 0) is 19.3 Å². The zero-order chi connectivity index (χ0) is 13.0. The Morgan fingerprint density at radius 3 is 2.94 bits per heavy atom. The van der Waals surface area contributed by atoms with Gasteiger partial charge in [-0.25, -0.2) is 0 Å². The van der Waals surface area contributed by atoms with Crippen LogP contribution in [0.2, 0.25) is 0 Å². The summed E-state index contributed by atoms with van der Waals surface area (Å²) in [6.07, 6.45) is 4.89. The van der Waals surface area contributed by atoms with E-state index in [2.05, 4.69) is 24.0 Å². The molecule has 1 aromatic heterocycles. The molecule has 3 unspecified atom stereocenters. The van der Waals surface area contributed by atoms with Crippen LogP contribution in [-0.2, 0) is 5.75 Å². The fraction of sp³-hybridized carbons (Fsp3) is 0.846. The first kappa shape index (κ1) is 13.9. The van der Waals surface area contributed by atoms with Crippen molar-refractivity contribution in [2.45, 2.75) is 69.0 Å². The summed E-state index contributed by atoms with van der Waals surface area (Å²) in [6.45, 7) is 4.38. The molecule has 0 amide bonds. The Morgan fingerprint density at radius 2 is 2.22 bits per heavy atom. The van der Waals surface area contributed by atoms with Crippen LogP contribution in [0.5, 0.6) is 0 Å². The van der Waals surface area contributed by atoms with Crippen LogP contribution in [-0.4, -0.2) is 26.6 Å². The summed E-state index contributed by atoms with van der Waals surface area (Å²) in [6, 6.07) is 0. The normalized spacial score (nSPS) is 26.2. The molecule has 0 aliphatic heterocycles. The van der Waals surface area contributed by atoms with Crippen molar-refractivity contribution < 1.29 is 9.63 Å². The third-order valence-corrected chi connectivity index (χ3v) is 4.93. The van der Waals surface area contributed by atoms with E-state index in [1.807, 2.05) is 11.8 Å². The Hall–Kier alpha value is -0.550. The summed E-state index contributed by atoms with van der Waals surface area (Å²) in [5.41, 5.74) is 0. The third kappa shape index (κ3) is 3.48. The van der Waals surface area contributed by atoms with Crippen LogP contribution < -0.4 is 0 Å². The lowest BCUT2D eigenvalue weighted by Gasteiger charge is -2.24. The van der Waals surface area contributed by atoms with Crippen molar-refractivity contribution in [3.8, 4) is 0 Å². The van der Waals surface area contributed by atoms with Crippen LogP contribution in [0.25, 0.3) is 0 Å². The highest BCUT2D eigenvalue weighted by Crippen LogP contribution is 2.32. The zero-order valence-corrected chi connectivity index (χ0v) is 11.9. The minimum Gasteiger partial charge on any atom is -0.392 e. The van der Waals surface area contributed by atoms with Gasteiger partial charge in [-0.3, -0.25) is 0 Å². The molecule has 1 aliphatic rings. The second kappa shape index (κ2) is 6.57. The summed E-state index contributed by atoms with van der Waals surface area (Å²) in [5.74, 6) is 2.23. The van der Waals surface area contributed by atoms with Crippen LogP contribution in [0.4, 0.5) is 0 Å². The Morgan fingerprint density at radius 1 is 1.44 bits per heavy atom. The minimum atomic E-state index is -0.311. The van der Waals surface area contributed by atoms with Gasteiger partial charge in [-0.2, -0.15) is 16.7 Å². The van der Waals surface area contributed by atoms with Crippen molar-refractivity contribution in [3.63, 3.8) is 0 Å². The van der Waals surface area contributed by atoms with Crippen LogP contribution in [0.3, 0.4) is 0 Å². The van der Waals surface area contributed by atoms with Crippen LogP contribution >= 0.6 is 11.8 Å². The average molecular weight is 270 g/mol. The lowest BCUT2D eigenvalue weighted by Crippen LogP contribution is -2.22. The molecular weight excluding hydrogens is 248 g/mol. The fourth-order valence-electron chi connectivity index (χ4n) is 2.21. The first-order valence-corrected chi connectivity index (χ1v) is 7.87. The quantitative estimate of drug-likeness (QED) is 0.890. The summed E-state index contributed by atoms with van der Waals surface area (Å²) in [5, 5.41) is 14.6. The van der Waals surface area contributed by atoms with Crippen LogP contribution in [0.1, 0.15) is 63.6 Å². The Bertz CT molecular complexity index is 370. The van der Waals surface area contributed by atoms with Gasteiger partial charge in [-0.1, -0.05) is 31.8 Å². The lowest BCUT2D eigenvalue weighted by molar-refractivity contribution is 0.0908. The fourth-order valence-corrected chi connectivity index (χ4v) is 3.00. The van der Waals surface area contributed by atoms with Gasteiger partial charge in [0.1, 0.15) is 0 Å². The predicted octanol–water partition coefficient (Wildman–Crippen LogP) is 3.12. The van der Waals surface area contributed by atoms with Gasteiger partial charge in [0.15, 0.2) is 5.82 Å². The molecule has 0 radical (unpaired) electrons. The van der Waals surface area contributed by atoms with Gasteiger partial charge >= 0.3 is 0 Å². The number of thioether (sulfide) groups is 1. The number of aliphatic hydroxyl groups excluding tert-OH is 1. The SMILES string of the molecule is CCC(C)SCc1noc(C2CCCCC2O)n1. The lowest BCUT2D eigenvalue weighted by atomic mass is 9.86. The number of hydrogen-bond donors (Lipinski definition) is 1. The van der Waals surface area contributed by atoms with Gasteiger partial charge in [0, 0.05) is 5.25 Å².